The molecule has 23 heteroatoms. The van der Waals surface area contributed by atoms with Gasteiger partial charge >= 0.3 is 13.3 Å². The van der Waals surface area contributed by atoms with Crippen LogP contribution >= 0.6 is 18.9 Å². The zero-order valence-corrected chi connectivity index (χ0v) is 40.7. The molecular weight excluding hydrogens is 982 g/mol. The highest BCUT2D eigenvalue weighted by Crippen LogP contribution is 2.59. The molecule has 0 radical (unpaired) electrons. The van der Waals surface area contributed by atoms with Gasteiger partial charge in [0.1, 0.15) is 30.8 Å². The normalized spacial score (nSPS) is 21.0. The molecule has 0 spiro atoms. The Balaban J connectivity index is 0.942. The number of alkyl halides is 2. The molecular formula is C49H49F2N6O13PS. The molecule has 3 saturated heterocycles. The maximum absolute atomic E-state index is 14.8. The number of ether oxygens (including phenoxy) is 2. The van der Waals surface area contributed by atoms with E-state index in [1.165, 1.54) is 35.2 Å². The summed E-state index contributed by atoms with van der Waals surface area (Å²) in [6.07, 6.45) is -1.29. The number of carbonyl (C=O) groups is 8. The van der Waals surface area contributed by atoms with Gasteiger partial charge in [-0.2, -0.15) is 8.78 Å². The van der Waals surface area contributed by atoms with Crippen LogP contribution in [0, 0.1) is 17.3 Å². The van der Waals surface area contributed by atoms with Crippen molar-refractivity contribution in [2.45, 2.75) is 76.0 Å². The quantitative estimate of drug-likeness (QED) is 0.0776. The fourth-order valence-corrected chi connectivity index (χ4v) is 10.4. The van der Waals surface area contributed by atoms with Gasteiger partial charge < -0.3 is 39.7 Å². The minimum Gasteiger partial charge on any atom is -0.370 e. The molecule has 0 saturated carbocycles. The number of morpholine rings is 1. The highest BCUT2D eigenvalue weighted by atomic mass is 32.1. The number of carbonyl (C=O) groups excluding carboxylic acids is 8. The van der Waals surface area contributed by atoms with Crippen LogP contribution in [0.5, 0.6) is 0 Å². The molecule has 4 aliphatic heterocycles. The maximum Gasteiger partial charge on any atom is 0.399 e. The molecule has 378 valence electrons. The summed E-state index contributed by atoms with van der Waals surface area (Å²) in [4.78, 5) is 129. The Morgan fingerprint density at radius 1 is 0.972 bits per heavy atom. The van der Waals surface area contributed by atoms with E-state index in [1.807, 2.05) is 30.3 Å². The number of imide groups is 2. The first-order valence-electron chi connectivity index (χ1n) is 22.8. The summed E-state index contributed by atoms with van der Waals surface area (Å²) in [5.41, 5.74) is -5.04. The van der Waals surface area contributed by atoms with Gasteiger partial charge in [0.15, 0.2) is 0 Å². The first kappa shape index (κ1) is 51.6. The number of rotatable bonds is 12. The molecule has 3 aromatic carbocycles. The molecule has 4 aliphatic rings. The monoisotopic (exact) mass is 1030 g/mol. The van der Waals surface area contributed by atoms with Crippen molar-refractivity contribution in [1.29, 1.82) is 0 Å². The number of benzene rings is 3. The van der Waals surface area contributed by atoms with E-state index in [-0.39, 0.29) is 73.4 Å². The predicted octanol–water partition coefficient (Wildman–Crippen LogP) is 3.43. The summed E-state index contributed by atoms with van der Waals surface area (Å²) >= 11 is 0.917. The number of piperidine rings is 1. The van der Waals surface area contributed by atoms with Crippen LogP contribution in [-0.4, -0.2) is 135 Å². The molecule has 0 bridgehead atoms. The van der Waals surface area contributed by atoms with Crippen LogP contribution in [0.1, 0.15) is 93.2 Å². The Morgan fingerprint density at radius 3 is 2.42 bits per heavy atom. The highest BCUT2D eigenvalue weighted by Gasteiger charge is 2.51. The number of amides is 8. The summed E-state index contributed by atoms with van der Waals surface area (Å²) in [6.45, 7) is 4.97. The van der Waals surface area contributed by atoms with E-state index >= 15 is 0 Å². The standard InChI is InChI=1S/C49H49F2N6O13PS/c1-48(2,3)41(54-43(61)38-22-29-21-30(12-15-37(29)72-38)49(50,51)71(66,67)68)47(65)56-24-31(23-35(56)46(64)55-18-19-69-36(25-55)28-9-5-4-6-10-28)70-26-40(59)52-17-7-8-27-11-13-32-33(20-27)45(63)57(44(32)62)34-14-16-39(58)53-42(34)60/h4-6,9-13,15,20-22,31,34-36,41H,14,16-19,23-26H2,1-3H3,(H,52,59)(H,54,61)(H,53,58,60)(H2,66,67,68)/t31-,34?,35-,36-,41?/m0/s1. The van der Waals surface area contributed by atoms with Crippen molar-refractivity contribution in [2.24, 2.45) is 5.41 Å². The van der Waals surface area contributed by atoms with Gasteiger partial charge in [-0.05, 0) is 59.2 Å². The summed E-state index contributed by atoms with van der Waals surface area (Å²) in [5, 5.41) is 7.66. The zero-order chi connectivity index (χ0) is 51.9. The Bertz CT molecular complexity index is 3000. The van der Waals surface area contributed by atoms with Crippen LogP contribution in [0.3, 0.4) is 0 Å². The first-order chi connectivity index (χ1) is 34.0. The third-order valence-electron chi connectivity index (χ3n) is 12.7. The van der Waals surface area contributed by atoms with Crippen LogP contribution in [0.25, 0.3) is 10.1 Å². The van der Waals surface area contributed by atoms with Gasteiger partial charge in [0.25, 0.3) is 17.7 Å². The van der Waals surface area contributed by atoms with Crippen molar-refractivity contribution in [2.75, 3.05) is 39.4 Å². The van der Waals surface area contributed by atoms with Crippen molar-refractivity contribution in [1.82, 2.24) is 30.7 Å². The van der Waals surface area contributed by atoms with Crippen LogP contribution in [0.2, 0.25) is 0 Å². The van der Waals surface area contributed by atoms with Gasteiger partial charge in [0, 0.05) is 41.8 Å². The average Bonchev–Trinajstić information content (AvgIpc) is 4.04. The second kappa shape index (κ2) is 20.4. The lowest BCUT2D eigenvalue weighted by Gasteiger charge is -2.38. The van der Waals surface area contributed by atoms with Crippen LogP contribution < -0.4 is 16.0 Å². The second-order valence-corrected chi connectivity index (χ2v) is 21.5. The van der Waals surface area contributed by atoms with Crippen molar-refractivity contribution >= 4 is 76.3 Å². The minimum absolute atomic E-state index is 0.00571. The number of likely N-dealkylation sites (tertiary alicyclic amines) is 1. The van der Waals surface area contributed by atoms with Gasteiger partial charge in [0.2, 0.25) is 29.5 Å². The van der Waals surface area contributed by atoms with E-state index in [2.05, 4.69) is 27.8 Å². The van der Waals surface area contributed by atoms with Crippen molar-refractivity contribution in [3.05, 3.63) is 105 Å². The molecule has 19 nitrogen and oxygen atoms in total. The lowest BCUT2D eigenvalue weighted by molar-refractivity contribution is -0.150. The van der Waals surface area contributed by atoms with E-state index in [0.717, 1.165) is 33.9 Å². The van der Waals surface area contributed by atoms with E-state index in [9.17, 15) is 61.5 Å². The summed E-state index contributed by atoms with van der Waals surface area (Å²) in [5.74, 6) is 0.692. The Hall–Kier alpha value is -6.73. The Labute approximate surface area is 414 Å². The smallest absolute Gasteiger partial charge is 0.370 e. The van der Waals surface area contributed by atoms with Gasteiger partial charge in [0.05, 0.1) is 41.8 Å². The van der Waals surface area contributed by atoms with Gasteiger partial charge in [-0.1, -0.05) is 69.0 Å². The van der Waals surface area contributed by atoms with Crippen molar-refractivity contribution in [3.8, 4) is 11.8 Å². The molecule has 0 aliphatic carbocycles. The number of fused-ring (bicyclic) bond motifs is 2. The van der Waals surface area contributed by atoms with Crippen LogP contribution in [0.4, 0.5) is 8.78 Å². The molecule has 4 aromatic rings. The largest absolute Gasteiger partial charge is 0.399 e. The second-order valence-electron chi connectivity index (χ2n) is 18.7. The molecule has 72 heavy (non-hydrogen) atoms. The van der Waals surface area contributed by atoms with Gasteiger partial charge in [-0.3, -0.25) is 53.1 Å². The fraction of sp³-hybridized carbons (Fsp3) is 0.388. The van der Waals surface area contributed by atoms with E-state index in [0.29, 0.717) is 10.3 Å². The molecule has 5 atom stereocenters. The molecule has 2 unspecified atom stereocenters. The number of hydrogen-bond donors (Lipinski definition) is 5. The average molecular weight is 1030 g/mol. The lowest BCUT2D eigenvalue weighted by Crippen LogP contribution is -2.58. The minimum atomic E-state index is -5.87. The number of nitrogens with one attached hydrogen (secondary N) is 3. The fourth-order valence-electron chi connectivity index (χ4n) is 8.94. The highest BCUT2D eigenvalue weighted by molar-refractivity contribution is 7.52. The number of nitrogens with zero attached hydrogens (tertiary/aromatic N) is 3. The lowest BCUT2D eigenvalue weighted by atomic mass is 9.85. The molecule has 3 fully saturated rings. The first-order valence-corrected chi connectivity index (χ1v) is 25.2. The van der Waals surface area contributed by atoms with Crippen LogP contribution in [-0.2, 0) is 43.7 Å². The summed E-state index contributed by atoms with van der Waals surface area (Å²) in [7, 11) is -5.87. The molecule has 8 rings (SSSR count). The number of thiophene rings is 1. The Morgan fingerprint density at radius 2 is 1.71 bits per heavy atom. The van der Waals surface area contributed by atoms with Gasteiger partial charge in [-0.25, -0.2) is 0 Å². The number of halogens is 2. The van der Waals surface area contributed by atoms with Crippen LogP contribution in [0.15, 0.2) is 72.8 Å². The van der Waals surface area contributed by atoms with E-state index in [1.54, 1.807) is 25.7 Å². The van der Waals surface area contributed by atoms with E-state index in [4.69, 9.17) is 9.47 Å². The van der Waals surface area contributed by atoms with Gasteiger partial charge in [-0.15, -0.1) is 11.3 Å². The summed E-state index contributed by atoms with van der Waals surface area (Å²) in [6, 6.07) is 14.5. The Kier molecular flexibility index (Phi) is 14.6. The molecule has 5 heterocycles. The summed E-state index contributed by atoms with van der Waals surface area (Å²) < 4.78 is 53.0. The third-order valence-corrected chi connectivity index (χ3v) is 14.8. The zero-order valence-electron chi connectivity index (χ0n) is 39.0. The third kappa shape index (κ3) is 10.7. The van der Waals surface area contributed by atoms with E-state index < -0.39 is 108 Å². The predicted molar refractivity (Wildman–Crippen MR) is 253 cm³/mol. The topological polar surface area (TPSA) is 258 Å². The van der Waals surface area contributed by atoms with Crippen molar-refractivity contribution < 1.29 is 71.0 Å². The SMILES string of the molecule is CC(C)(C)C(NC(=O)c1cc2cc(C(F)(F)P(=O)(O)O)ccc2s1)C(=O)N1C[C@@H](OCC(=O)NCC#Cc2ccc3c(c2)C(=O)N(C2CCC(=O)NC2=O)C3=O)C[C@H]1C(=O)N1CCO[C@H](c2ccccc2)C1. The molecule has 8 amide bonds. The molecule has 5 N–H and O–H groups in total. The van der Waals surface area contributed by atoms with Crippen molar-refractivity contribution in [3.63, 3.8) is 0 Å². The number of hydrogen-bond acceptors (Lipinski definition) is 12. The molecule has 1 aromatic heterocycles. The maximum atomic E-state index is 14.8.